The van der Waals surface area contributed by atoms with Gasteiger partial charge < -0.3 is 11.1 Å². The van der Waals surface area contributed by atoms with Gasteiger partial charge in [-0.05, 0) is 44.2 Å². The van der Waals surface area contributed by atoms with E-state index in [1.54, 1.807) is 0 Å². The number of rotatable bonds is 4. The Hall–Kier alpha value is -0.0800. The predicted octanol–water partition coefficient (Wildman–Crippen LogP) is 1.89. The molecule has 1 aliphatic carbocycles. The first-order valence-electron chi connectivity index (χ1n) is 5.41. The van der Waals surface area contributed by atoms with Gasteiger partial charge in [-0.3, -0.25) is 0 Å². The third-order valence-electron chi connectivity index (χ3n) is 2.80. The average Bonchev–Trinajstić information content (AvgIpc) is 1.93. The van der Waals surface area contributed by atoms with Gasteiger partial charge >= 0.3 is 0 Å². The van der Waals surface area contributed by atoms with Crippen LogP contribution in [0, 0.1) is 5.41 Å². The highest BCUT2D eigenvalue weighted by Gasteiger charge is 2.31. The van der Waals surface area contributed by atoms with Gasteiger partial charge in [-0.2, -0.15) is 0 Å². The van der Waals surface area contributed by atoms with Crippen LogP contribution in [0.5, 0.6) is 0 Å². The van der Waals surface area contributed by atoms with Crippen molar-refractivity contribution in [3.8, 4) is 0 Å². The molecule has 0 aromatic carbocycles. The summed E-state index contributed by atoms with van der Waals surface area (Å²) in [7, 11) is 0. The van der Waals surface area contributed by atoms with Crippen LogP contribution in [0.25, 0.3) is 0 Å². The first kappa shape index (κ1) is 11.0. The van der Waals surface area contributed by atoms with Crippen molar-refractivity contribution in [1.82, 2.24) is 5.32 Å². The lowest BCUT2D eigenvalue weighted by Gasteiger charge is -2.38. The largest absolute Gasteiger partial charge is 0.325 e. The minimum Gasteiger partial charge on any atom is -0.325 e. The molecular formula is C11H24N2. The molecule has 3 N–H and O–H groups in total. The van der Waals surface area contributed by atoms with Gasteiger partial charge in [0.2, 0.25) is 0 Å². The van der Waals surface area contributed by atoms with Crippen LogP contribution in [-0.4, -0.2) is 18.6 Å². The van der Waals surface area contributed by atoms with Crippen molar-refractivity contribution in [1.29, 1.82) is 0 Å². The Bertz CT molecular complexity index is 154. The highest BCUT2D eigenvalue weighted by molar-refractivity contribution is 4.92. The SMILES string of the molecule is CC(C)(C)CNCCC1(N)CCC1. The highest BCUT2D eigenvalue weighted by Crippen LogP contribution is 2.31. The molecule has 0 aromatic heterocycles. The van der Waals surface area contributed by atoms with E-state index in [1.807, 2.05) is 0 Å². The van der Waals surface area contributed by atoms with E-state index in [0.717, 1.165) is 19.5 Å². The fraction of sp³-hybridized carbons (Fsp3) is 1.00. The zero-order valence-electron chi connectivity index (χ0n) is 9.32. The maximum Gasteiger partial charge on any atom is 0.0166 e. The lowest BCUT2D eigenvalue weighted by atomic mass is 9.75. The molecular weight excluding hydrogens is 160 g/mol. The summed E-state index contributed by atoms with van der Waals surface area (Å²) in [5.41, 5.74) is 6.69. The molecule has 1 aliphatic rings. The molecule has 1 fully saturated rings. The third kappa shape index (κ3) is 4.10. The normalized spacial score (nSPS) is 21.2. The molecule has 0 bridgehead atoms. The molecule has 78 valence electrons. The maximum atomic E-state index is 6.11. The third-order valence-corrected chi connectivity index (χ3v) is 2.80. The second-order valence-electron chi connectivity index (χ2n) is 5.70. The van der Waals surface area contributed by atoms with Gasteiger partial charge in [0.05, 0.1) is 0 Å². The van der Waals surface area contributed by atoms with Crippen molar-refractivity contribution in [3.05, 3.63) is 0 Å². The summed E-state index contributed by atoms with van der Waals surface area (Å²) in [5, 5.41) is 3.47. The van der Waals surface area contributed by atoms with Crippen LogP contribution in [0.2, 0.25) is 0 Å². The zero-order valence-corrected chi connectivity index (χ0v) is 9.32. The molecule has 0 spiro atoms. The molecule has 0 unspecified atom stereocenters. The summed E-state index contributed by atoms with van der Waals surface area (Å²) in [4.78, 5) is 0. The highest BCUT2D eigenvalue weighted by atomic mass is 14.9. The Morgan fingerprint density at radius 2 is 1.92 bits per heavy atom. The van der Waals surface area contributed by atoms with Gasteiger partial charge in [-0.1, -0.05) is 20.8 Å². The summed E-state index contributed by atoms with van der Waals surface area (Å²) in [6.45, 7) is 8.92. The summed E-state index contributed by atoms with van der Waals surface area (Å²) >= 11 is 0. The van der Waals surface area contributed by atoms with Gasteiger partial charge in [-0.15, -0.1) is 0 Å². The average molecular weight is 184 g/mol. The van der Waals surface area contributed by atoms with E-state index < -0.39 is 0 Å². The Morgan fingerprint density at radius 1 is 1.31 bits per heavy atom. The number of hydrogen-bond acceptors (Lipinski definition) is 2. The molecule has 0 saturated heterocycles. The molecule has 2 nitrogen and oxygen atoms in total. The van der Waals surface area contributed by atoms with Crippen LogP contribution in [0.4, 0.5) is 0 Å². The summed E-state index contributed by atoms with van der Waals surface area (Å²) in [6, 6.07) is 0. The Balaban J connectivity index is 2.01. The van der Waals surface area contributed by atoms with E-state index >= 15 is 0 Å². The van der Waals surface area contributed by atoms with Gasteiger partial charge in [0, 0.05) is 5.54 Å². The van der Waals surface area contributed by atoms with E-state index in [-0.39, 0.29) is 5.54 Å². The number of nitrogens with one attached hydrogen (secondary N) is 1. The van der Waals surface area contributed by atoms with Crippen molar-refractivity contribution in [3.63, 3.8) is 0 Å². The molecule has 13 heavy (non-hydrogen) atoms. The Morgan fingerprint density at radius 3 is 2.31 bits per heavy atom. The molecule has 0 radical (unpaired) electrons. The van der Waals surface area contributed by atoms with Crippen molar-refractivity contribution in [2.75, 3.05) is 13.1 Å². The Kier molecular flexibility index (Phi) is 3.36. The molecule has 0 aliphatic heterocycles. The Labute approximate surface area is 82.3 Å². The molecule has 0 heterocycles. The second-order valence-corrected chi connectivity index (χ2v) is 5.70. The summed E-state index contributed by atoms with van der Waals surface area (Å²) in [6.07, 6.45) is 4.92. The van der Waals surface area contributed by atoms with Crippen molar-refractivity contribution >= 4 is 0 Å². The van der Waals surface area contributed by atoms with E-state index in [0.29, 0.717) is 5.41 Å². The summed E-state index contributed by atoms with van der Waals surface area (Å²) in [5.74, 6) is 0. The molecule has 0 atom stereocenters. The standard InChI is InChI=1S/C11H24N2/c1-10(2,3)9-13-8-7-11(12)5-4-6-11/h13H,4-9,12H2,1-3H3. The maximum absolute atomic E-state index is 6.11. The predicted molar refractivity (Wildman–Crippen MR) is 57.7 cm³/mol. The van der Waals surface area contributed by atoms with Crippen LogP contribution in [-0.2, 0) is 0 Å². The van der Waals surface area contributed by atoms with Gasteiger partial charge in [-0.25, -0.2) is 0 Å². The van der Waals surface area contributed by atoms with Gasteiger partial charge in [0.15, 0.2) is 0 Å². The second kappa shape index (κ2) is 3.97. The fourth-order valence-corrected chi connectivity index (χ4v) is 1.68. The molecule has 1 rings (SSSR count). The minimum absolute atomic E-state index is 0.185. The van der Waals surface area contributed by atoms with Crippen molar-refractivity contribution in [2.24, 2.45) is 11.1 Å². The lowest BCUT2D eigenvalue weighted by Crippen LogP contribution is -2.48. The quantitative estimate of drug-likeness (QED) is 0.655. The van der Waals surface area contributed by atoms with Crippen LogP contribution >= 0.6 is 0 Å². The van der Waals surface area contributed by atoms with Gasteiger partial charge in [0.1, 0.15) is 0 Å². The molecule has 1 saturated carbocycles. The van der Waals surface area contributed by atoms with E-state index in [4.69, 9.17) is 5.73 Å². The number of nitrogens with two attached hydrogens (primary N) is 1. The van der Waals surface area contributed by atoms with Crippen molar-refractivity contribution in [2.45, 2.75) is 52.0 Å². The molecule has 0 amide bonds. The zero-order chi connectivity index (χ0) is 9.95. The van der Waals surface area contributed by atoms with Crippen molar-refractivity contribution < 1.29 is 0 Å². The van der Waals surface area contributed by atoms with Crippen LogP contribution in [0.3, 0.4) is 0 Å². The fourth-order valence-electron chi connectivity index (χ4n) is 1.68. The minimum atomic E-state index is 0.185. The molecule has 2 heteroatoms. The molecule has 0 aromatic rings. The smallest absolute Gasteiger partial charge is 0.0166 e. The first-order valence-corrected chi connectivity index (χ1v) is 5.41. The van der Waals surface area contributed by atoms with E-state index in [2.05, 4.69) is 26.1 Å². The van der Waals surface area contributed by atoms with E-state index in [9.17, 15) is 0 Å². The van der Waals surface area contributed by atoms with Gasteiger partial charge in [0.25, 0.3) is 0 Å². The number of hydrogen-bond donors (Lipinski definition) is 2. The van der Waals surface area contributed by atoms with E-state index in [1.165, 1.54) is 19.3 Å². The van der Waals surface area contributed by atoms with Crippen LogP contribution in [0.1, 0.15) is 46.5 Å². The monoisotopic (exact) mass is 184 g/mol. The topological polar surface area (TPSA) is 38.0 Å². The lowest BCUT2D eigenvalue weighted by molar-refractivity contribution is 0.226. The van der Waals surface area contributed by atoms with Crippen LogP contribution < -0.4 is 11.1 Å². The summed E-state index contributed by atoms with van der Waals surface area (Å²) < 4.78 is 0. The first-order chi connectivity index (χ1) is 5.91. The van der Waals surface area contributed by atoms with Crippen LogP contribution in [0.15, 0.2) is 0 Å².